The minimum atomic E-state index is -0.0376. The molecule has 0 spiro atoms. The Labute approximate surface area is 164 Å². The summed E-state index contributed by atoms with van der Waals surface area (Å²) in [6.45, 7) is 1.85. The van der Waals surface area contributed by atoms with Gasteiger partial charge in [-0.1, -0.05) is 24.3 Å². The molecule has 0 saturated heterocycles. The number of carbonyl (C=O) groups is 1. The Hall–Kier alpha value is -2.71. The van der Waals surface area contributed by atoms with Crippen molar-refractivity contribution in [3.8, 4) is 11.4 Å². The average molecular weight is 396 g/mol. The van der Waals surface area contributed by atoms with Crippen LogP contribution in [0.3, 0.4) is 0 Å². The predicted molar refractivity (Wildman–Crippen MR) is 111 cm³/mol. The van der Waals surface area contributed by atoms with Gasteiger partial charge in [0.2, 0.25) is 5.91 Å². The van der Waals surface area contributed by atoms with Crippen molar-refractivity contribution in [3.63, 3.8) is 0 Å². The second-order valence-electron chi connectivity index (χ2n) is 5.94. The first-order valence-electron chi connectivity index (χ1n) is 8.39. The molecule has 0 atom stereocenters. The van der Waals surface area contributed by atoms with Crippen LogP contribution < -0.4 is 5.32 Å². The third-order valence-electron chi connectivity index (χ3n) is 3.80. The van der Waals surface area contributed by atoms with Crippen molar-refractivity contribution in [2.45, 2.75) is 12.7 Å². The average Bonchev–Trinajstić information content (AvgIpc) is 3.27. The van der Waals surface area contributed by atoms with E-state index >= 15 is 0 Å². The minimum absolute atomic E-state index is 0.0376. The van der Waals surface area contributed by atoms with Gasteiger partial charge in [-0.3, -0.25) is 9.89 Å². The van der Waals surface area contributed by atoms with E-state index in [0.717, 1.165) is 33.4 Å². The quantitative estimate of drug-likeness (QED) is 0.510. The molecule has 0 saturated carbocycles. The summed E-state index contributed by atoms with van der Waals surface area (Å²) in [5, 5.41) is 10.9. The number of hydrogen-bond donors (Lipinski definition) is 2. The van der Waals surface area contributed by atoms with Gasteiger partial charge in [0, 0.05) is 17.0 Å². The van der Waals surface area contributed by atoms with Crippen molar-refractivity contribution < 1.29 is 4.79 Å². The fraction of sp³-hybridized carbons (Fsp3) is 0.158. The SMILES string of the molecule is Cc1nc(-c2cccc(NC(=O)CSCc3nc4ccccc4s3)c2)n[nH]1. The summed E-state index contributed by atoms with van der Waals surface area (Å²) in [6, 6.07) is 15.6. The standard InChI is InChI=1S/C19H17N5OS2/c1-12-20-19(24-23-12)13-5-4-6-14(9-13)21-17(25)10-26-11-18-22-15-7-2-3-8-16(15)27-18/h2-9H,10-11H2,1H3,(H,21,25)(H,20,23,24). The molecule has 0 bridgehead atoms. The van der Waals surface area contributed by atoms with Crippen molar-refractivity contribution >= 4 is 44.9 Å². The molecule has 0 aliphatic carbocycles. The van der Waals surface area contributed by atoms with Crippen LogP contribution in [0.25, 0.3) is 21.6 Å². The van der Waals surface area contributed by atoms with Crippen LogP contribution in [0.5, 0.6) is 0 Å². The summed E-state index contributed by atoms with van der Waals surface area (Å²) in [7, 11) is 0. The molecule has 0 unspecified atom stereocenters. The van der Waals surface area contributed by atoms with Gasteiger partial charge in [-0.05, 0) is 31.2 Å². The summed E-state index contributed by atoms with van der Waals surface area (Å²) >= 11 is 3.23. The number of thioether (sulfide) groups is 1. The van der Waals surface area contributed by atoms with Crippen LogP contribution in [0.4, 0.5) is 5.69 Å². The highest BCUT2D eigenvalue weighted by Gasteiger charge is 2.08. The maximum absolute atomic E-state index is 12.2. The molecular weight excluding hydrogens is 378 g/mol. The molecule has 136 valence electrons. The number of carbonyl (C=O) groups excluding carboxylic acids is 1. The van der Waals surface area contributed by atoms with E-state index < -0.39 is 0 Å². The van der Waals surface area contributed by atoms with Crippen molar-refractivity contribution in [3.05, 3.63) is 59.4 Å². The van der Waals surface area contributed by atoms with Gasteiger partial charge in [-0.15, -0.1) is 23.1 Å². The van der Waals surface area contributed by atoms with Gasteiger partial charge in [0.1, 0.15) is 10.8 Å². The van der Waals surface area contributed by atoms with Gasteiger partial charge >= 0.3 is 0 Å². The maximum Gasteiger partial charge on any atom is 0.234 e. The van der Waals surface area contributed by atoms with E-state index in [1.807, 2.05) is 49.4 Å². The number of rotatable bonds is 6. The normalized spacial score (nSPS) is 11.0. The Morgan fingerprint density at radius 1 is 1.19 bits per heavy atom. The van der Waals surface area contributed by atoms with E-state index in [-0.39, 0.29) is 5.91 Å². The van der Waals surface area contributed by atoms with Gasteiger partial charge in [0.05, 0.1) is 16.0 Å². The number of H-pyrrole nitrogens is 1. The fourth-order valence-corrected chi connectivity index (χ4v) is 4.46. The number of nitrogens with one attached hydrogen (secondary N) is 2. The molecule has 2 aromatic carbocycles. The number of anilines is 1. The molecule has 0 aliphatic rings. The number of aryl methyl sites for hydroxylation is 1. The molecule has 6 nitrogen and oxygen atoms in total. The van der Waals surface area contributed by atoms with Crippen LogP contribution in [0.2, 0.25) is 0 Å². The molecule has 27 heavy (non-hydrogen) atoms. The summed E-state index contributed by atoms with van der Waals surface area (Å²) in [5.74, 6) is 2.44. The van der Waals surface area contributed by atoms with Gasteiger partial charge in [0.25, 0.3) is 0 Å². The van der Waals surface area contributed by atoms with Crippen molar-refractivity contribution in [2.75, 3.05) is 11.1 Å². The van der Waals surface area contributed by atoms with Gasteiger partial charge in [-0.25, -0.2) is 9.97 Å². The molecule has 0 radical (unpaired) electrons. The zero-order valence-electron chi connectivity index (χ0n) is 14.6. The van der Waals surface area contributed by atoms with Gasteiger partial charge in [-0.2, -0.15) is 5.10 Å². The van der Waals surface area contributed by atoms with E-state index in [4.69, 9.17) is 0 Å². The molecule has 4 rings (SSSR count). The largest absolute Gasteiger partial charge is 0.325 e. The Balaban J connectivity index is 1.32. The molecule has 8 heteroatoms. The molecule has 1 amide bonds. The lowest BCUT2D eigenvalue weighted by Gasteiger charge is -2.06. The summed E-state index contributed by atoms with van der Waals surface area (Å²) in [5.41, 5.74) is 2.61. The van der Waals surface area contributed by atoms with Gasteiger partial charge in [0.15, 0.2) is 5.82 Å². The zero-order chi connectivity index (χ0) is 18.6. The highest BCUT2D eigenvalue weighted by molar-refractivity contribution is 7.99. The smallest absolute Gasteiger partial charge is 0.234 e. The lowest BCUT2D eigenvalue weighted by molar-refractivity contribution is -0.113. The molecule has 2 heterocycles. The number of aromatic amines is 1. The first-order valence-corrected chi connectivity index (χ1v) is 10.4. The van der Waals surface area contributed by atoms with Crippen LogP contribution >= 0.6 is 23.1 Å². The van der Waals surface area contributed by atoms with Crippen molar-refractivity contribution in [1.29, 1.82) is 0 Å². The number of thiazole rings is 1. The monoisotopic (exact) mass is 395 g/mol. The van der Waals surface area contributed by atoms with Crippen molar-refractivity contribution in [1.82, 2.24) is 20.2 Å². The van der Waals surface area contributed by atoms with E-state index in [1.165, 1.54) is 4.70 Å². The molecule has 2 aromatic heterocycles. The lowest BCUT2D eigenvalue weighted by atomic mass is 10.2. The van der Waals surface area contributed by atoms with E-state index in [9.17, 15) is 4.79 Å². The second-order valence-corrected chi connectivity index (χ2v) is 8.04. The molecule has 4 aromatic rings. The van der Waals surface area contributed by atoms with Crippen LogP contribution in [0.1, 0.15) is 10.8 Å². The highest BCUT2D eigenvalue weighted by atomic mass is 32.2. The number of amides is 1. The predicted octanol–water partition coefficient (Wildman–Crippen LogP) is 4.26. The second kappa shape index (κ2) is 7.89. The van der Waals surface area contributed by atoms with E-state index in [0.29, 0.717) is 11.6 Å². The number of benzene rings is 2. The third-order valence-corrected chi connectivity index (χ3v) is 5.96. The van der Waals surface area contributed by atoms with E-state index in [1.54, 1.807) is 23.1 Å². The highest BCUT2D eigenvalue weighted by Crippen LogP contribution is 2.25. The van der Waals surface area contributed by atoms with Crippen LogP contribution in [0, 0.1) is 6.92 Å². The molecule has 0 fully saturated rings. The Bertz CT molecular complexity index is 1060. The molecule has 2 N–H and O–H groups in total. The maximum atomic E-state index is 12.2. The van der Waals surface area contributed by atoms with E-state index in [2.05, 4.69) is 31.5 Å². The number of nitrogens with zero attached hydrogens (tertiary/aromatic N) is 3. The first kappa shape index (κ1) is 17.7. The minimum Gasteiger partial charge on any atom is -0.325 e. The Morgan fingerprint density at radius 2 is 2.07 bits per heavy atom. The summed E-state index contributed by atoms with van der Waals surface area (Å²) in [6.07, 6.45) is 0. The van der Waals surface area contributed by atoms with Crippen LogP contribution in [-0.4, -0.2) is 31.8 Å². The number of fused-ring (bicyclic) bond motifs is 1. The number of para-hydroxylation sites is 1. The molecule has 0 aliphatic heterocycles. The first-order chi connectivity index (χ1) is 13.2. The zero-order valence-corrected chi connectivity index (χ0v) is 16.2. The van der Waals surface area contributed by atoms with Crippen LogP contribution in [-0.2, 0) is 10.5 Å². The third kappa shape index (κ3) is 4.35. The summed E-state index contributed by atoms with van der Waals surface area (Å²) in [4.78, 5) is 21.1. The van der Waals surface area contributed by atoms with Crippen LogP contribution in [0.15, 0.2) is 48.5 Å². The van der Waals surface area contributed by atoms with Crippen molar-refractivity contribution in [2.24, 2.45) is 0 Å². The topological polar surface area (TPSA) is 83.6 Å². The van der Waals surface area contributed by atoms with Gasteiger partial charge < -0.3 is 5.32 Å². The Kier molecular flexibility index (Phi) is 5.17. The lowest BCUT2D eigenvalue weighted by Crippen LogP contribution is -2.14. The molecular formula is C19H17N5OS2. The fourth-order valence-electron chi connectivity index (χ4n) is 2.62. The number of aromatic nitrogens is 4. The summed E-state index contributed by atoms with van der Waals surface area (Å²) < 4.78 is 1.18. The Morgan fingerprint density at radius 3 is 2.89 bits per heavy atom. The number of hydrogen-bond acceptors (Lipinski definition) is 6.